The third-order valence-corrected chi connectivity index (χ3v) is 7.63. The average Bonchev–Trinajstić information content (AvgIpc) is 3.18. The van der Waals surface area contributed by atoms with Crippen LogP contribution in [0, 0.1) is 5.92 Å². The molecule has 0 heterocycles. The van der Waals surface area contributed by atoms with E-state index in [4.69, 9.17) is 0 Å². The molecule has 0 bridgehead atoms. The fraction of sp³-hybridized carbons (Fsp3) is 0.158. The molecule has 0 aliphatic heterocycles. The lowest BCUT2D eigenvalue weighted by Gasteiger charge is -2.38. The molecule has 2 aromatic carbocycles. The van der Waals surface area contributed by atoms with E-state index < -0.39 is 5.41 Å². The van der Waals surface area contributed by atoms with Crippen LogP contribution in [0.3, 0.4) is 0 Å². The van der Waals surface area contributed by atoms with Gasteiger partial charge in [-0.3, -0.25) is 0 Å². The first kappa shape index (κ1) is 26.9. The monoisotopic (exact) mass is 494 g/mol. The molecule has 1 atom stereocenters. The van der Waals surface area contributed by atoms with E-state index in [1.165, 1.54) is 33.4 Å². The van der Waals surface area contributed by atoms with Crippen LogP contribution in [-0.2, 0) is 5.41 Å². The number of hydrogen-bond donors (Lipinski definition) is 0. The summed E-state index contributed by atoms with van der Waals surface area (Å²) in [6.07, 6.45) is 19.4. The van der Waals surface area contributed by atoms with E-state index in [2.05, 4.69) is 157 Å². The van der Waals surface area contributed by atoms with Crippen molar-refractivity contribution >= 4 is 0 Å². The molecule has 0 radical (unpaired) electrons. The van der Waals surface area contributed by atoms with Gasteiger partial charge in [-0.05, 0) is 82.4 Å². The molecule has 0 saturated carbocycles. The Kier molecular flexibility index (Phi) is 8.13. The fourth-order valence-corrected chi connectivity index (χ4v) is 5.69. The molecule has 4 rings (SSSR count). The highest BCUT2D eigenvalue weighted by Crippen LogP contribution is 2.57. The lowest BCUT2D eigenvalue weighted by Crippen LogP contribution is -2.31. The minimum atomic E-state index is -0.530. The summed E-state index contributed by atoms with van der Waals surface area (Å²) in [5, 5.41) is 0. The van der Waals surface area contributed by atoms with Crippen molar-refractivity contribution in [1.82, 2.24) is 0 Å². The van der Waals surface area contributed by atoms with Crippen LogP contribution in [0.2, 0.25) is 0 Å². The molecular weight excluding hydrogens is 456 g/mol. The number of rotatable bonds is 5. The molecule has 1 unspecified atom stereocenters. The van der Waals surface area contributed by atoms with E-state index in [0.717, 1.165) is 22.3 Å². The minimum Gasteiger partial charge on any atom is -0.0984 e. The molecule has 38 heavy (non-hydrogen) atoms. The van der Waals surface area contributed by atoms with Gasteiger partial charge in [0.25, 0.3) is 0 Å². The fourth-order valence-electron chi connectivity index (χ4n) is 5.69. The van der Waals surface area contributed by atoms with Gasteiger partial charge in [0.15, 0.2) is 0 Å². The highest BCUT2D eigenvalue weighted by atomic mass is 14.5. The smallest absolute Gasteiger partial charge is 0.0715 e. The highest BCUT2D eigenvalue weighted by Gasteiger charge is 2.48. The lowest BCUT2D eigenvalue weighted by atomic mass is 9.63. The second-order valence-corrected chi connectivity index (χ2v) is 10.1. The zero-order valence-electron chi connectivity index (χ0n) is 23.2. The molecule has 0 N–H and O–H groups in total. The first-order valence-electron chi connectivity index (χ1n) is 13.3. The van der Waals surface area contributed by atoms with Crippen LogP contribution < -0.4 is 0 Å². The van der Waals surface area contributed by atoms with E-state index >= 15 is 0 Å². The lowest BCUT2D eigenvalue weighted by molar-refractivity contribution is 0.744. The van der Waals surface area contributed by atoms with Crippen LogP contribution in [0.15, 0.2) is 180 Å². The maximum absolute atomic E-state index is 4.49. The number of allylic oxidation sites excluding steroid dienone is 17. The van der Waals surface area contributed by atoms with Crippen molar-refractivity contribution in [2.75, 3.05) is 0 Å². The highest BCUT2D eigenvalue weighted by molar-refractivity contribution is 5.78. The Morgan fingerprint density at radius 2 is 1.34 bits per heavy atom. The SMILES string of the molecule is C=CC1=C(/C=C\C)C(c2ccccc2)(c2ccccc2)C(C2=C(\C)C(=C)/C=C\C(C)/C=C\C(=C)/C=C\2)=C1C. The Bertz CT molecular complexity index is 1420. The van der Waals surface area contributed by atoms with Crippen molar-refractivity contribution < 1.29 is 0 Å². The summed E-state index contributed by atoms with van der Waals surface area (Å²) in [6, 6.07) is 21.7. The maximum atomic E-state index is 4.49. The van der Waals surface area contributed by atoms with E-state index in [-0.39, 0.29) is 0 Å². The molecule has 0 spiro atoms. The van der Waals surface area contributed by atoms with Gasteiger partial charge in [-0.25, -0.2) is 0 Å². The standard InChI is InChI=1S/C38H38/c1-8-16-36-34(9-2)31(7)37(35-26-24-28(4)22-21-27(3)23-25-29(5)30(35)6)38(36,32-17-12-10-13-18-32)33-19-14-11-15-20-33/h8-27H,2,4-5H2,1,3,6-7H3/b16-8-,22-21-,25-23-,26-24-,35-30+. The van der Waals surface area contributed by atoms with Crippen LogP contribution in [-0.4, -0.2) is 0 Å². The van der Waals surface area contributed by atoms with Crippen molar-refractivity contribution in [3.63, 3.8) is 0 Å². The van der Waals surface area contributed by atoms with Crippen LogP contribution in [0.25, 0.3) is 0 Å². The van der Waals surface area contributed by atoms with Gasteiger partial charge in [0.2, 0.25) is 0 Å². The normalized spacial score (nSPS) is 24.5. The Morgan fingerprint density at radius 3 is 1.89 bits per heavy atom. The molecule has 2 aliphatic rings. The van der Waals surface area contributed by atoms with Gasteiger partial charge in [-0.15, -0.1) is 0 Å². The molecule has 0 aromatic heterocycles. The Morgan fingerprint density at radius 1 is 0.763 bits per heavy atom. The summed E-state index contributed by atoms with van der Waals surface area (Å²) in [6.45, 7) is 21.8. The van der Waals surface area contributed by atoms with Crippen molar-refractivity contribution in [2.24, 2.45) is 5.92 Å². The van der Waals surface area contributed by atoms with Crippen LogP contribution >= 0.6 is 0 Å². The Labute approximate surface area is 229 Å². The number of hydrogen-bond acceptors (Lipinski definition) is 0. The van der Waals surface area contributed by atoms with Crippen molar-refractivity contribution in [3.05, 3.63) is 191 Å². The molecule has 0 fully saturated rings. The molecule has 0 saturated heterocycles. The zero-order chi connectivity index (χ0) is 27.3. The van der Waals surface area contributed by atoms with Gasteiger partial charge in [0.1, 0.15) is 0 Å². The van der Waals surface area contributed by atoms with Crippen LogP contribution in [0.1, 0.15) is 38.8 Å². The Hall–Kier alpha value is -4.16. The molecular formula is C38H38. The van der Waals surface area contributed by atoms with Gasteiger partial charge >= 0.3 is 0 Å². The molecule has 0 nitrogen and oxygen atoms in total. The molecule has 2 aromatic rings. The third kappa shape index (κ3) is 4.75. The summed E-state index contributed by atoms with van der Waals surface area (Å²) in [5.74, 6) is 0.293. The number of benzene rings is 2. The maximum Gasteiger partial charge on any atom is 0.0715 e. The van der Waals surface area contributed by atoms with Gasteiger partial charge in [-0.2, -0.15) is 0 Å². The van der Waals surface area contributed by atoms with Gasteiger partial charge in [0, 0.05) is 0 Å². The van der Waals surface area contributed by atoms with E-state index in [1.807, 2.05) is 6.08 Å². The summed E-state index contributed by atoms with van der Waals surface area (Å²) >= 11 is 0. The zero-order valence-corrected chi connectivity index (χ0v) is 23.2. The quantitative estimate of drug-likeness (QED) is 0.388. The summed E-state index contributed by atoms with van der Waals surface area (Å²) < 4.78 is 0. The van der Waals surface area contributed by atoms with Crippen LogP contribution in [0.5, 0.6) is 0 Å². The second kappa shape index (κ2) is 11.5. The first-order valence-corrected chi connectivity index (χ1v) is 13.3. The van der Waals surface area contributed by atoms with E-state index in [0.29, 0.717) is 5.92 Å². The molecule has 0 amide bonds. The van der Waals surface area contributed by atoms with E-state index in [1.54, 1.807) is 0 Å². The van der Waals surface area contributed by atoms with Gasteiger partial charge in [-0.1, -0.05) is 142 Å². The summed E-state index contributed by atoms with van der Waals surface area (Å²) in [7, 11) is 0. The minimum absolute atomic E-state index is 0.293. The van der Waals surface area contributed by atoms with Crippen molar-refractivity contribution in [3.8, 4) is 0 Å². The van der Waals surface area contributed by atoms with Gasteiger partial charge in [0.05, 0.1) is 5.41 Å². The largest absolute Gasteiger partial charge is 0.0984 e. The average molecular weight is 495 g/mol. The van der Waals surface area contributed by atoms with E-state index in [9.17, 15) is 0 Å². The predicted molar refractivity (Wildman–Crippen MR) is 166 cm³/mol. The van der Waals surface area contributed by atoms with Gasteiger partial charge < -0.3 is 0 Å². The Balaban J connectivity index is 2.19. The predicted octanol–water partition coefficient (Wildman–Crippen LogP) is 10.1. The summed E-state index contributed by atoms with van der Waals surface area (Å²) in [4.78, 5) is 0. The summed E-state index contributed by atoms with van der Waals surface area (Å²) in [5.41, 5.74) is 11.1. The third-order valence-electron chi connectivity index (χ3n) is 7.63. The second-order valence-electron chi connectivity index (χ2n) is 10.1. The molecule has 0 heteroatoms. The van der Waals surface area contributed by atoms with Crippen molar-refractivity contribution in [1.29, 1.82) is 0 Å². The molecule has 190 valence electrons. The van der Waals surface area contributed by atoms with Crippen molar-refractivity contribution in [2.45, 2.75) is 33.1 Å². The topological polar surface area (TPSA) is 0 Å². The first-order chi connectivity index (χ1) is 18.4. The van der Waals surface area contributed by atoms with Crippen LogP contribution in [0.4, 0.5) is 0 Å². The molecule has 2 aliphatic carbocycles.